The normalized spacial score (nSPS) is 12.4. The van der Waals surface area contributed by atoms with E-state index in [0.29, 0.717) is 0 Å². The average Bonchev–Trinajstić information content (AvgIpc) is 2.82. The van der Waals surface area contributed by atoms with E-state index in [9.17, 15) is 0 Å². The van der Waals surface area contributed by atoms with Gasteiger partial charge >= 0.3 is 0 Å². The van der Waals surface area contributed by atoms with Crippen LogP contribution in [0.3, 0.4) is 0 Å². The van der Waals surface area contributed by atoms with Gasteiger partial charge in [-0.25, -0.2) is 4.98 Å². The molecule has 0 bridgehead atoms. The minimum Gasteiger partial charge on any atom is -0.496 e. The Morgan fingerprint density at radius 2 is 2.17 bits per heavy atom. The summed E-state index contributed by atoms with van der Waals surface area (Å²) >= 11 is 1.68. The highest BCUT2D eigenvalue weighted by Gasteiger charge is 2.19. The van der Waals surface area contributed by atoms with E-state index in [1.54, 1.807) is 18.4 Å². The molecule has 2 aromatic rings. The minimum atomic E-state index is 0.102. The molecular formula is C14H18N2OS. The highest BCUT2D eigenvalue weighted by atomic mass is 32.1. The standard InChI is InChI=1S/C14H18N2OS/c1-4-15-13(14-16-10(2)9-18-14)11-7-5-6-8-12(11)17-3/h5-9,13,15H,4H2,1-3H3. The number of hydrogen-bond donors (Lipinski definition) is 1. The summed E-state index contributed by atoms with van der Waals surface area (Å²) < 4.78 is 5.44. The Hall–Kier alpha value is -1.39. The first-order valence-electron chi connectivity index (χ1n) is 6.04. The first-order chi connectivity index (χ1) is 8.76. The molecule has 1 N–H and O–H groups in total. The van der Waals surface area contributed by atoms with Crippen LogP contribution in [-0.2, 0) is 0 Å². The molecule has 1 aromatic carbocycles. The topological polar surface area (TPSA) is 34.2 Å². The van der Waals surface area contributed by atoms with Crippen molar-refractivity contribution in [1.82, 2.24) is 10.3 Å². The molecular weight excluding hydrogens is 244 g/mol. The van der Waals surface area contributed by atoms with Crippen molar-refractivity contribution >= 4 is 11.3 Å². The van der Waals surface area contributed by atoms with Gasteiger partial charge in [0.1, 0.15) is 10.8 Å². The van der Waals surface area contributed by atoms with Gasteiger partial charge < -0.3 is 10.1 Å². The molecule has 4 heteroatoms. The number of aromatic nitrogens is 1. The van der Waals surface area contributed by atoms with Gasteiger partial charge in [0, 0.05) is 16.6 Å². The number of para-hydroxylation sites is 1. The quantitative estimate of drug-likeness (QED) is 0.898. The van der Waals surface area contributed by atoms with Gasteiger partial charge in [0.25, 0.3) is 0 Å². The van der Waals surface area contributed by atoms with Gasteiger partial charge in [-0.1, -0.05) is 25.1 Å². The molecule has 0 spiro atoms. The number of benzene rings is 1. The number of rotatable bonds is 5. The van der Waals surface area contributed by atoms with Crippen molar-refractivity contribution < 1.29 is 4.74 Å². The van der Waals surface area contributed by atoms with Crippen LogP contribution < -0.4 is 10.1 Å². The predicted octanol–water partition coefficient (Wildman–Crippen LogP) is 3.16. The van der Waals surface area contributed by atoms with Crippen molar-refractivity contribution in [1.29, 1.82) is 0 Å². The van der Waals surface area contributed by atoms with Gasteiger partial charge in [-0.2, -0.15) is 0 Å². The smallest absolute Gasteiger partial charge is 0.124 e. The van der Waals surface area contributed by atoms with E-state index in [4.69, 9.17) is 4.74 Å². The van der Waals surface area contributed by atoms with Crippen LogP contribution in [0, 0.1) is 6.92 Å². The molecule has 0 aliphatic carbocycles. The number of nitrogens with one attached hydrogen (secondary N) is 1. The van der Waals surface area contributed by atoms with Crippen molar-refractivity contribution in [2.24, 2.45) is 0 Å². The highest BCUT2D eigenvalue weighted by Crippen LogP contribution is 2.31. The van der Waals surface area contributed by atoms with Gasteiger partial charge in [0.2, 0.25) is 0 Å². The van der Waals surface area contributed by atoms with Crippen molar-refractivity contribution in [3.05, 3.63) is 45.9 Å². The second-order valence-corrected chi connectivity index (χ2v) is 4.95. The van der Waals surface area contributed by atoms with Crippen LogP contribution >= 0.6 is 11.3 Å². The third kappa shape index (κ3) is 2.71. The summed E-state index contributed by atoms with van der Waals surface area (Å²) in [5.74, 6) is 0.899. The maximum atomic E-state index is 5.44. The lowest BCUT2D eigenvalue weighted by Crippen LogP contribution is -2.22. The van der Waals surface area contributed by atoms with Gasteiger partial charge in [-0.05, 0) is 19.5 Å². The Kier molecular flexibility index (Phi) is 4.33. The summed E-state index contributed by atoms with van der Waals surface area (Å²) in [7, 11) is 1.70. The fraction of sp³-hybridized carbons (Fsp3) is 0.357. The van der Waals surface area contributed by atoms with Crippen LogP contribution in [0.25, 0.3) is 0 Å². The van der Waals surface area contributed by atoms with Crippen LogP contribution in [-0.4, -0.2) is 18.6 Å². The van der Waals surface area contributed by atoms with Gasteiger partial charge in [0.15, 0.2) is 0 Å². The summed E-state index contributed by atoms with van der Waals surface area (Å²) in [5, 5.41) is 6.63. The molecule has 0 aliphatic heterocycles. The number of thiazole rings is 1. The first-order valence-corrected chi connectivity index (χ1v) is 6.92. The van der Waals surface area contributed by atoms with Gasteiger partial charge in [-0.3, -0.25) is 0 Å². The lowest BCUT2D eigenvalue weighted by atomic mass is 10.1. The van der Waals surface area contributed by atoms with Gasteiger partial charge in [0.05, 0.1) is 13.2 Å². The Balaban J connectivity index is 2.41. The van der Waals surface area contributed by atoms with Crippen LogP contribution in [0.2, 0.25) is 0 Å². The molecule has 0 amide bonds. The minimum absolute atomic E-state index is 0.102. The number of hydrogen-bond acceptors (Lipinski definition) is 4. The fourth-order valence-electron chi connectivity index (χ4n) is 1.94. The van der Waals surface area contributed by atoms with E-state index in [1.807, 2.05) is 25.1 Å². The number of ether oxygens (including phenoxy) is 1. The Morgan fingerprint density at radius 1 is 1.39 bits per heavy atom. The van der Waals surface area contributed by atoms with Crippen molar-refractivity contribution in [3.8, 4) is 5.75 Å². The van der Waals surface area contributed by atoms with E-state index < -0.39 is 0 Å². The molecule has 0 saturated heterocycles. The van der Waals surface area contributed by atoms with Crippen molar-refractivity contribution in [2.75, 3.05) is 13.7 Å². The maximum absolute atomic E-state index is 5.44. The average molecular weight is 262 g/mol. The zero-order valence-corrected chi connectivity index (χ0v) is 11.8. The summed E-state index contributed by atoms with van der Waals surface area (Å²) in [6.45, 7) is 5.01. The van der Waals surface area contributed by atoms with E-state index in [0.717, 1.165) is 28.6 Å². The molecule has 0 saturated carbocycles. The van der Waals surface area contributed by atoms with Gasteiger partial charge in [-0.15, -0.1) is 11.3 Å². The molecule has 0 aliphatic rings. The van der Waals surface area contributed by atoms with Crippen LogP contribution in [0.15, 0.2) is 29.6 Å². The molecule has 1 unspecified atom stereocenters. The third-order valence-electron chi connectivity index (χ3n) is 2.74. The molecule has 18 heavy (non-hydrogen) atoms. The van der Waals surface area contributed by atoms with E-state index >= 15 is 0 Å². The fourth-order valence-corrected chi connectivity index (χ4v) is 2.83. The predicted molar refractivity (Wildman–Crippen MR) is 75.4 cm³/mol. The molecule has 0 fully saturated rings. The molecule has 96 valence electrons. The SMILES string of the molecule is CCNC(c1nc(C)cs1)c1ccccc1OC. The summed E-state index contributed by atoms with van der Waals surface area (Å²) in [4.78, 5) is 4.58. The molecule has 2 rings (SSSR count). The van der Waals surface area contributed by atoms with Crippen molar-refractivity contribution in [2.45, 2.75) is 19.9 Å². The largest absolute Gasteiger partial charge is 0.496 e. The number of aryl methyl sites for hydroxylation is 1. The molecule has 3 nitrogen and oxygen atoms in total. The monoisotopic (exact) mass is 262 g/mol. The lowest BCUT2D eigenvalue weighted by molar-refractivity contribution is 0.404. The van der Waals surface area contributed by atoms with Crippen LogP contribution in [0.5, 0.6) is 5.75 Å². The Labute approximate surface area is 112 Å². The lowest BCUT2D eigenvalue weighted by Gasteiger charge is -2.18. The van der Waals surface area contributed by atoms with E-state index in [1.165, 1.54) is 0 Å². The third-order valence-corrected chi connectivity index (χ3v) is 3.77. The summed E-state index contributed by atoms with van der Waals surface area (Å²) in [5.41, 5.74) is 2.20. The Morgan fingerprint density at radius 3 is 2.78 bits per heavy atom. The number of nitrogens with zero attached hydrogens (tertiary/aromatic N) is 1. The highest BCUT2D eigenvalue weighted by molar-refractivity contribution is 7.09. The second kappa shape index (κ2) is 5.98. The number of methoxy groups -OCH3 is 1. The maximum Gasteiger partial charge on any atom is 0.124 e. The molecule has 0 radical (unpaired) electrons. The summed E-state index contributed by atoms with van der Waals surface area (Å²) in [6, 6.07) is 8.19. The Bertz CT molecular complexity index is 510. The second-order valence-electron chi connectivity index (χ2n) is 4.06. The van der Waals surface area contributed by atoms with Crippen molar-refractivity contribution in [3.63, 3.8) is 0 Å². The van der Waals surface area contributed by atoms with Crippen LogP contribution in [0.4, 0.5) is 0 Å². The summed E-state index contributed by atoms with van der Waals surface area (Å²) in [6.07, 6.45) is 0. The van der Waals surface area contributed by atoms with E-state index in [-0.39, 0.29) is 6.04 Å². The molecule has 1 aromatic heterocycles. The van der Waals surface area contributed by atoms with E-state index in [2.05, 4.69) is 28.7 Å². The zero-order valence-electron chi connectivity index (χ0n) is 10.9. The molecule has 1 heterocycles. The first kappa shape index (κ1) is 13.1. The molecule has 1 atom stereocenters. The zero-order chi connectivity index (χ0) is 13.0. The van der Waals surface area contributed by atoms with Crippen LogP contribution in [0.1, 0.15) is 29.2 Å².